The first-order chi connectivity index (χ1) is 15.0. The zero-order chi connectivity index (χ0) is 22.4. The average molecular weight is 481 g/mol. The molecule has 0 bridgehead atoms. The second kappa shape index (κ2) is 11.0. The van der Waals surface area contributed by atoms with Crippen molar-refractivity contribution < 1.29 is 6.22 Å². The van der Waals surface area contributed by atoms with Crippen molar-refractivity contribution in [1.82, 2.24) is 14.9 Å². The molecule has 31 heavy (non-hydrogen) atoms. The Morgan fingerprint density at radius 1 is 1.00 bits per heavy atom. The highest BCUT2D eigenvalue weighted by atomic mass is 35.5. The van der Waals surface area contributed by atoms with Gasteiger partial charge in [-0.3, -0.25) is 4.79 Å². The number of imidazole rings is 1. The summed E-state index contributed by atoms with van der Waals surface area (Å²) < 4.78 is 1.90. The number of hydrogen-bond donors (Lipinski definition) is 1. The van der Waals surface area contributed by atoms with Gasteiger partial charge in [0.05, 0.1) is 16.4 Å². The number of benzene rings is 2. The summed E-state index contributed by atoms with van der Waals surface area (Å²) in [6.07, 6.45) is 4.37. The van der Waals surface area contributed by atoms with Gasteiger partial charge in [-0.15, -0.1) is 0 Å². The van der Waals surface area contributed by atoms with Crippen LogP contribution in [0.4, 0.5) is 0 Å². The first-order valence-corrected chi connectivity index (χ1v) is 11.7. The topological polar surface area (TPSA) is 46.9 Å². The number of amides is 1. The summed E-state index contributed by atoms with van der Waals surface area (Å²) >= 11 is 18.7. The lowest BCUT2D eigenvalue weighted by Crippen LogP contribution is -2.27. The number of nitrogens with one attached hydrogen (secondary N) is 1. The quantitative estimate of drug-likeness (QED) is 0.318. The molecule has 0 radical (unpaired) electrons. The van der Waals surface area contributed by atoms with Crippen LogP contribution in [0.25, 0.3) is 22.5 Å². The first kappa shape index (κ1) is 23.6. The van der Waals surface area contributed by atoms with Gasteiger partial charge in [-0.25, -0.2) is 4.98 Å². The molecule has 1 N–H and O–H groups in total. The molecule has 0 unspecified atom stereocenters. The standard InChI is InChI=1S/C24H26Cl3N3O.H2/c1-3-5-6-7-14-28-24(31)23-29-21(16-8-10-17(25)11-9-16)22(30(23)4-2)19-13-12-18(26)15-20(19)27;/h8-13,15H,3-7,14H2,1-2H3,(H,28,31);1H. The van der Waals surface area contributed by atoms with E-state index in [2.05, 4.69) is 12.2 Å². The molecule has 3 aromatic rings. The molecule has 0 saturated heterocycles. The fourth-order valence-electron chi connectivity index (χ4n) is 3.53. The van der Waals surface area contributed by atoms with E-state index in [0.29, 0.717) is 39.7 Å². The number of carbonyl (C=O) groups excluding carboxylic acids is 1. The van der Waals surface area contributed by atoms with E-state index in [-0.39, 0.29) is 7.33 Å². The summed E-state index contributed by atoms with van der Waals surface area (Å²) in [5, 5.41) is 4.70. The summed E-state index contributed by atoms with van der Waals surface area (Å²) in [5.74, 6) is 0.175. The molecule has 166 valence electrons. The van der Waals surface area contributed by atoms with Gasteiger partial charge >= 0.3 is 0 Å². The van der Waals surface area contributed by atoms with Gasteiger partial charge < -0.3 is 9.88 Å². The Hall–Kier alpha value is -2.01. The number of hydrogen-bond acceptors (Lipinski definition) is 2. The van der Waals surface area contributed by atoms with Crippen molar-refractivity contribution in [3.63, 3.8) is 0 Å². The number of halogens is 3. The molecule has 4 nitrogen and oxygen atoms in total. The van der Waals surface area contributed by atoms with Gasteiger partial charge in [-0.1, -0.05) is 73.1 Å². The third-order valence-corrected chi connectivity index (χ3v) is 5.91. The third-order valence-electron chi connectivity index (χ3n) is 5.11. The highest BCUT2D eigenvalue weighted by Crippen LogP contribution is 2.38. The van der Waals surface area contributed by atoms with Crippen LogP contribution in [0.1, 0.15) is 51.6 Å². The minimum atomic E-state index is -0.190. The first-order valence-electron chi connectivity index (χ1n) is 10.6. The van der Waals surface area contributed by atoms with E-state index >= 15 is 0 Å². The molecular weight excluding hydrogens is 453 g/mol. The van der Waals surface area contributed by atoms with Crippen molar-refractivity contribution in [2.24, 2.45) is 0 Å². The fraction of sp³-hybridized carbons (Fsp3) is 0.333. The van der Waals surface area contributed by atoms with Gasteiger partial charge in [0.15, 0.2) is 5.82 Å². The van der Waals surface area contributed by atoms with E-state index < -0.39 is 0 Å². The zero-order valence-electron chi connectivity index (χ0n) is 17.7. The molecule has 0 aliphatic rings. The van der Waals surface area contributed by atoms with Gasteiger partial charge in [-0.2, -0.15) is 0 Å². The van der Waals surface area contributed by atoms with E-state index in [1.165, 1.54) is 6.42 Å². The highest BCUT2D eigenvalue weighted by Gasteiger charge is 2.24. The summed E-state index contributed by atoms with van der Waals surface area (Å²) in [6.45, 7) is 5.34. The molecule has 3 rings (SSSR count). The molecule has 0 saturated carbocycles. The molecule has 2 aromatic carbocycles. The SMILES string of the molecule is CCCCCCNC(=O)c1nc(-c2ccc(Cl)cc2)c(-c2ccc(Cl)cc2Cl)n1CC.[HH]. The normalized spacial score (nSPS) is 11.0. The highest BCUT2D eigenvalue weighted by molar-refractivity contribution is 6.36. The van der Waals surface area contributed by atoms with Crippen molar-refractivity contribution in [2.75, 3.05) is 6.54 Å². The number of carbonyl (C=O) groups is 1. The number of aromatic nitrogens is 2. The third kappa shape index (κ3) is 5.62. The van der Waals surface area contributed by atoms with E-state index in [0.717, 1.165) is 36.1 Å². The van der Waals surface area contributed by atoms with Gasteiger partial charge in [0, 0.05) is 35.7 Å². The molecule has 1 heterocycles. The van der Waals surface area contributed by atoms with Crippen LogP contribution in [0.15, 0.2) is 42.5 Å². The van der Waals surface area contributed by atoms with Crippen molar-refractivity contribution in [3.8, 4) is 22.5 Å². The molecule has 1 amide bonds. The van der Waals surface area contributed by atoms with E-state index in [1.54, 1.807) is 12.1 Å². The van der Waals surface area contributed by atoms with Crippen molar-refractivity contribution in [3.05, 3.63) is 63.4 Å². The second-order valence-electron chi connectivity index (χ2n) is 7.32. The Bertz CT molecular complexity index is 1050. The van der Waals surface area contributed by atoms with E-state index in [9.17, 15) is 4.79 Å². The molecule has 0 fully saturated rings. The van der Waals surface area contributed by atoms with Gasteiger partial charge in [0.2, 0.25) is 0 Å². The van der Waals surface area contributed by atoms with Crippen LogP contribution < -0.4 is 5.32 Å². The van der Waals surface area contributed by atoms with Crippen LogP contribution in [-0.4, -0.2) is 22.0 Å². The van der Waals surface area contributed by atoms with Crippen molar-refractivity contribution in [1.29, 1.82) is 0 Å². The van der Waals surface area contributed by atoms with Crippen molar-refractivity contribution in [2.45, 2.75) is 46.1 Å². The van der Waals surface area contributed by atoms with Crippen LogP contribution in [-0.2, 0) is 6.54 Å². The molecule has 0 atom stereocenters. The lowest BCUT2D eigenvalue weighted by atomic mass is 10.0. The van der Waals surface area contributed by atoms with Gasteiger partial charge in [0.1, 0.15) is 0 Å². The fourth-order valence-corrected chi connectivity index (χ4v) is 4.15. The summed E-state index contributed by atoms with van der Waals surface area (Å²) in [7, 11) is 0. The van der Waals surface area contributed by atoms with Gasteiger partial charge in [0.25, 0.3) is 5.91 Å². The van der Waals surface area contributed by atoms with Crippen LogP contribution >= 0.6 is 34.8 Å². The average Bonchev–Trinajstić information content (AvgIpc) is 3.13. The largest absolute Gasteiger partial charge is 0.349 e. The molecule has 0 aliphatic heterocycles. The monoisotopic (exact) mass is 479 g/mol. The summed E-state index contributed by atoms with van der Waals surface area (Å²) in [5.41, 5.74) is 3.09. The Morgan fingerprint density at radius 3 is 2.35 bits per heavy atom. The number of unbranched alkanes of at least 4 members (excludes halogenated alkanes) is 3. The molecule has 1 aromatic heterocycles. The van der Waals surface area contributed by atoms with E-state index in [4.69, 9.17) is 39.8 Å². The maximum absolute atomic E-state index is 13.0. The minimum absolute atomic E-state index is 0. The summed E-state index contributed by atoms with van der Waals surface area (Å²) in [6, 6.07) is 12.7. The predicted octanol–water partition coefficient (Wildman–Crippen LogP) is 7.75. The Morgan fingerprint density at radius 2 is 1.71 bits per heavy atom. The number of rotatable bonds is 9. The van der Waals surface area contributed by atoms with Crippen molar-refractivity contribution >= 4 is 40.7 Å². The Balaban J connectivity index is 0.00000363. The van der Waals surface area contributed by atoms with E-state index in [1.807, 2.05) is 41.8 Å². The molecule has 0 spiro atoms. The smallest absolute Gasteiger partial charge is 0.287 e. The summed E-state index contributed by atoms with van der Waals surface area (Å²) in [4.78, 5) is 17.8. The van der Waals surface area contributed by atoms with Crippen LogP contribution in [0.3, 0.4) is 0 Å². The lowest BCUT2D eigenvalue weighted by Gasteiger charge is -2.13. The van der Waals surface area contributed by atoms with Crippen LogP contribution in [0, 0.1) is 0 Å². The maximum Gasteiger partial charge on any atom is 0.287 e. The van der Waals surface area contributed by atoms with Crippen LogP contribution in [0.5, 0.6) is 0 Å². The molecule has 7 heteroatoms. The second-order valence-corrected chi connectivity index (χ2v) is 8.60. The molecular formula is C24H28Cl3N3O. The minimum Gasteiger partial charge on any atom is -0.349 e. The number of nitrogens with zero attached hydrogens (tertiary/aromatic N) is 2. The molecule has 0 aliphatic carbocycles. The maximum atomic E-state index is 13.0. The Kier molecular flexibility index (Phi) is 8.42. The Labute approximate surface area is 200 Å². The van der Waals surface area contributed by atoms with Gasteiger partial charge in [-0.05, 0) is 43.7 Å². The predicted molar refractivity (Wildman–Crippen MR) is 132 cm³/mol. The van der Waals surface area contributed by atoms with Crippen LogP contribution in [0.2, 0.25) is 15.1 Å². The lowest BCUT2D eigenvalue weighted by molar-refractivity contribution is 0.0938. The zero-order valence-corrected chi connectivity index (χ0v) is 20.0.